The molecule has 11 rings (SSSR count). The Labute approximate surface area is 301 Å². The van der Waals surface area contributed by atoms with E-state index in [9.17, 15) is 0 Å². The Morgan fingerprint density at radius 2 is 0.925 bits per heavy atom. The summed E-state index contributed by atoms with van der Waals surface area (Å²) in [6.45, 7) is 0. The Morgan fingerprint density at radius 1 is 0.340 bits per heavy atom. The van der Waals surface area contributed by atoms with Crippen molar-refractivity contribution in [1.29, 1.82) is 0 Å². The van der Waals surface area contributed by atoms with E-state index in [0.29, 0.717) is 34.8 Å². The lowest BCUT2D eigenvalue weighted by Crippen LogP contribution is -2.00. The van der Waals surface area contributed by atoms with E-state index in [2.05, 4.69) is 24.3 Å². The van der Waals surface area contributed by atoms with Gasteiger partial charge in [-0.1, -0.05) is 91.0 Å². The number of hydrogen-bond acceptors (Lipinski definition) is 8. The van der Waals surface area contributed by atoms with Crippen molar-refractivity contribution in [2.24, 2.45) is 0 Å². The molecule has 4 heterocycles. The van der Waals surface area contributed by atoms with Gasteiger partial charge in [0.15, 0.2) is 28.6 Å². The van der Waals surface area contributed by atoms with Gasteiger partial charge in [0, 0.05) is 33.2 Å². The molecule has 7 aromatic carbocycles. The molecule has 0 aliphatic heterocycles. The third-order valence-corrected chi connectivity index (χ3v) is 9.58. The molecular formula is C45H25N5O3. The van der Waals surface area contributed by atoms with Crippen molar-refractivity contribution < 1.29 is 13.3 Å². The zero-order chi connectivity index (χ0) is 34.9. The summed E-state index contributed by atoms with van der Waals surface area (Å²) in [5.74, 6) is 2.76. The van der Waals surface area contributed by atoms with Crippen molar-refractivity contribution in [3.63, 3.8) is 0 Å². The predicted octanol–water partition coefficient (Wildman–Crippen LogP) is 11.5. The number of aromatic nitrogens is 5. The van der Waals surface area contributed by atoms with Gasteiger partial charge < -0.3 is 13.3 Å². The van der Waals surface area contributed by atoms with Crippen molar-refractivity contribution in [1.82, 2.24) is 24.9 Å². The summed E-state index contributed by atoms with van der Waals surface area (Å²) in [6, 6.07) is 49.8. The lowest BCUT2D eigenvalue weighted by atomic mass is 10.0. The van der Waals surface area contributed by atoms with Crippen molar-refractivity contribution in [3.8, 4) is 57.1 Å². The molecule has 0 amide bonds. The largest absolute Gasteiger partial charge is 0.456 e. The Kier molecular flexibility index (Phi) is 6.38. The Morgan fingerprint density at radius 3 is 1.74 bits per heavy atom. The molecule has 11 aromatic rings. The fourth-order valence-corrected chi connectivity index (χ4v) is 7.04. The average molecular weight is 684 g/mol. The van der Waals surface area contributed by atoms with E-state index in [1.807, 2.05) is 127 Å². The molecule has 0 radical (unpaired) electrons. The Balaban J connectivity index is 1.10. The van der Waals surface area contributed by atoms with Crippen LogP contribution in [0.2, 0.25) is 0 Å². The number of fused-ring (bicyclic) bond motifs is 8. The van der Waals surface area contributed by atoms with E-state index in [1.165, 1.54) is 0 Å². The van der Waals surface area contributed by atoms with Gasteiger partial charge in [-0.2, -0.15) is 0 Å². The average Bonchev–Trinajstić information content (AvgIpc) is 3.97. The van der Waals surface area contributed by atoms with Crippen LogP contribution in [0.5, 0.6) is 0 Å². The molecule has 0 atom stereocenters. The van der Waals surface area contributed by atoms with Crippen LogP contribution in [-0.2, 0) is 0 Å². The molecule has 0 bridgehead atoms. The van der Waals surface area contributed by atoms with Gasteiger partial charge in [-0.25, -0.2) is 24.9 Å². The van der Waals surface area contributed by atoms with Crippen LogP contribution < -0.4 is 0 Å². The quantitative estimate of drug-likeness (QED) is 0.176. The molecule has 248 valence electrons. The van der Waals surface area contributed by atoms with Gasteiger partial charge in [0.05, 0.1) is 5.39 Å². The molecule has 0 unspecified atom stereocenters. The summed E-state index contributed by atoms with van der Waals surface area (Å²) in [7, 11) is 0. The summed E-state index contributed by atoms with van der Waals surface area (Å²) >= 11 is 0. The monoisotopic (exact) mass is 683 g/mol. The van der Waals surface area contributed by atoms with E-state index in [4.69, 9.17) is 38.2 Å². The summed E-state index contributed by atoms with van der Waals surface area (Å²) in [6.07, 6.45) is 0. The van der Waals surface area contributed by atoms with Crippen LogP contribution in [0.4, 0.5) is 0 Å². The first-order chi connectivity index (χ1) is 26.2. The summed E-state index contributed by atoms with van der Waals surface area (Å²) in [4.78, 5) is 24.8. The normalized spacial score (nSPS) is 11.8. The van der Waals surface area contributed by atoms with Crippen LogP contribution in [0.1, 0.15) is 0 Å². The lowest BCUT2D eigenvalue weighted by molar-refractivity contribution is 0.619. The fourth-order valence-electron chi connectivity index (χ4n) is 7.04. The second kappa shape index (κ2) is 11.5. The number of para-hydroxylation sites is 2. The van der Waals surface area contributed by atoms with Gasteiger partial charge in [0.2, 0.25) is 11.8 Å². The minimum atomic E-state index is 0.536. The number of rotatable bonds is 5. The molecule has 0 N–H and O–H groups in total. The number of nitrogens with zero attached hydrogens (tertiary/aromatic N) is 5. The Bertz CT molecular complexity index is 3150. The first-order valence-electron chi connectivity index (χ1n) is 17.2. The zero-order valence-corrected chi connectivity index (χ0v) is 27.9. The minimum Gasteiger partial charge on any atom is -0.456 e. The Hall–Kier alpha value is -7.45. The number of hydrogen-bond donors (Lipinski definition) is 0. The van der Waals surface area contributed by atoms with Gasteiger partial charge in [-0.05, 0) is 71.4 Å². The first-order valence-corrected chi connectivity index (χ1v) is 17.2. The van der Waals surface area contributed by atoms with E-state index >= 15 is 0 Å². The van der Waals surface area contributed by atoms with Crippen molar-refractivity contribution in [2.45, 2.75) is 0 Å². The highest BCUT2D eigenvalue weighted by atomic mass is 16.4. The van der Waals surface area contributed by atoms with Gasteiger partial charge in [-0.3, -0.25) is 0 Å². The van der Waals surface area contributed by atoms with Gasteiger partial charge in [-0.15, -0.1) is 0 Å². The van der Waals surface area contributed by atoms with Crippen LogP contribution in [0.15, 0.2) is 165 Å². The molecule has 0 saturated heterocycles. The maximum atomic E-state index is 6.41. The van der Waals surface area contributed by atoms with E-state index in [-0.39, 0.29) is 0 Å². The SMILES string of the molecule is c1ccc(-c2nc(-c3cccc(-c4nc5ccccc5o4)c3)nc(-c3ccc4ccc5oc6ccc7oc(-c8ccccc8)nc7c6c5c4c3)n2)cc1. The number of oxazole rings is 2. The van der Waals surface area contributed by atoms with Gasteiger partial charge in [0.25, 0.3) is 0 Å². The standard InChI is InChI=1S/C45H25N5O3/c1-3-10-27(11-4-1)41-48-42(29-14-9-15-31(24-29)45-46-33-16-7-8-17-34(33)52-45)50-43(49-41)30-19-18-26-20-21-35-38(32(26)25-30)39-36(51-35)22-23-37-40(39)47-44(53-37)28-12-5-2-6-13-28/h1-25H. The molecule has 4 aromatic heterocycles. The molecule has 53 heavy (non-hydrogen) atoms. The highest BCUT2D eigenvalue weighted by molar-refractivity contribution is 6.25. The van der Waals surface area contributed by atoms with Crippen molar-refractivity contribution >= 4 is 54.9 Å². The van der Waals surface area contributed by atoms with E-state index in [1.54, 1.807) is 0 Å². The van der Waals surface area contributed by atoms with Crippen LogP contribution in [-0.4, -0.2) is 24.9 Å². The molecule has 0 saturated carbocycles. The van der Waals surface area contributed by atoms with Crippen LogP contribution in [0, 0.1) is 0 Å². The lowest BCUT2D eigenvalue weighted by Gasteiger charge is -2.10. The molecular weight excluding hydrogens is 659 g/mol. The third kappa shape index (κ3) is 4.88. The molecule has 0 fully saturated rings. The number of benzene rings is 7. The summed E-state index contributed by atoms with van der Waals surface area (Å²) < 4.78 is 18.8. The van der Waals surface area contributed by atoms with Gasteiger partial charge >= 0.3 is 0 Å². The van der Waals surface area contributed by atoms with Gasteiger partial charge in [0.1, 0.15) is 22.2 Å². The number of furan rings is 1. The molecule has 8 heteroatoms. The molecule has 0 spiro atoms. The summed E-state index contributed by atoms with van der Waals surface area (Å²) in [5, 5.41) is 3.91. The molecule has 0 aliphatic rings. The maximum Gasteiger partial charge on any atom is 0.227 e. The van der Waals surface area contributed by atoms with E-state index in [0.717, 1.165) is 77.1 Å². The third-order valence-electron chi connectivity index (χ3n) is 9.58. The van der Waals surface area contributed by atoms with Crippen molar-refractivity contribution in [3.05, 3.63) is 152 Å². The van der Waals surface area contributed by atoms with Crippen molar-refractivity contribution in [2.75, 3.05) is 0 Å². The van der Waals surface area contributed by atoms with Crippen LogP contribution >= 0.6 is 0 Å². The second-order valence-corrected chi connectivity index (χ2v) is 12.9. The summed E-state index contributed by atoms with van der Waals surface area (Å²) in [5.41, 5.74) is 8.78. The first kappa shape index (κ1) is 29.3. The minimum absolute atomic E-state index is 0.536. The highest BCUT2D eigenvalue weighted by Crippen LogP contribution is 2.41. The topological polar surface area (TPSA) is 104 Å². The van der Waals surface area contributed by atoms with Crippen LogP contribution in [0.25, 0.3) is 112 Å². The fraction of sp³-hybridized carbons (Fsp3) is 0. The molecule has 0 aliphatic carbocycles. The zero-order valence-electron chi connectivity index (χ0n) is 27.9. The van der Waals surface area contributed by atoms with Crippen LogP contribution in [0.3, 0.4) is 0 Å². The molecule has 8 nitrogen and oxygen atoms in total. The maximum absolute atomic E-state index is 6.41. The highest BCUT2D eigenvalue weighted by Gasteiger charge is 2.20. The second-order valence-electron chi connectivity index (χ2n) is 12.9. The predicted molar refractivity (Wildman–Crippen MR) is 207 cm³/mol. The van der Waals surface area contributed by atoms with E-state index < -0.39 is 0 Å². The smallest absolute Gasteiger partial charge is 0.227 e.